The Hall–Kier alpha value is -2.70. The molecule has 4 aromatic rings. The fourth-order valence-corrected chi connectivity index (χ4v) is 3.29. The van der Waals surface area contributed by atoms with Gasteiger partial charge in [-0.25, -0.2) is 9.50 Å². The molecule has 5 nitrogen and oxygen atoms in total. The lowest BCUT2D eigenvalue weighted by Gasteiger charge is -2.02. The van der Waals surface area contributed by atoms with Crippen molar-refractivity contribution in [2.45, 2.75) is 13.2 Å². The number of hydrogen-bond acceptors (Lipinski definition) is 5. The normalized spacial score (nSPS) is 11.0. The summed E-state index contributed by atoms with van der Waals surface area (Å²) in [5, 5.41) is 18.0. The van der Waals surface area contributed by atoms with E-state index in [9.17, 15) is 0 Å². The molecule has 4 rings (SSSR count). The van der Waals surface area contributed by atoms with E-state index in [-0.39, 0.29) is 6.61 Å². The van der Waals surface area contributed by atoms with Crippen LogP contribution in [0.15, 0.2) is 60.8 Å². The molecule has 0 amide bonds. The molecule has 2 heterocycles. The molecule has 2 aromatic heterocycles. The van der Waals surface area contributed by atoms with Gasteiger partial charge in [-0.3, -0.25) is 0 Å². The topological polar surface area (TPSA) is 62.5 Å². The number of hydrogen-bond donors (Lipinski definition) is 2. The summed E-state index contributed by atoms with van der Waals surface area (Å²) in [6.45, 7) is 0.782. The summed E-state index contributed by atoms with van der Waals surface area (Å²) >= 11 is 1.53. The highest BCUT2D eigenvalue weighted by molar-refractivity contribution is 7.20. The van der Waals surface area contributed by atoms with E-state index < -0.39 is 0 Å². The Morgan fingerprint density at radius 2 is 1.79 bits per heavy atom. The number of imidazole rings is 1. The molecule has 24 heavy (non-hydrogen) atoms. The Balaban J connectivity index is 1.58. The fraction of sp³-hybridized carbons (Fsp3) is 0.111. The predicted octanol–water partition coefficient (Wildman–Crippen LogP) is 3.56. The first-order chi connectivity index (χ1) is 11.8. The molecule has 6 heteroatoms. The van der Waals surface area contributed by atoms with Crippen LogP contribution in [-0.4, -0.2) is 19.7 Å². The Kier molecular flexibility index (Phi) is 3.98. The lowest BCUT2D eigenvalue weighted by Crippen LogP contribution is -1.99. The summed E-state index contributed by atoms with van der Waals surface area (Å²) in [7, 11) is 0. The largest absolute Gasteiger partial charge is 0.392 e. The number of rotatable bonds is 5. The van der Waals surface area contributed by atoms with Crippen LogP contribution in [-0.2, 0) is 13.2 Å². The van der Waals surface area contributed by atoms with Crippen molar-refractivity contribution in [3.8, 4) is 11.3 Å². The molecule has 0 spiro atoms. The summed E-state index contributed by atoms with van der Waals surface area (Å²) in [5.41, 5.74) is 4.08. The third kappa shape index (κ3) is 2.89. The SMILES string of the molecule is OCc1ccc(-c2cnc3sc(NCc4ccccc4)nn23)cc1. The van der Waals surface area contributed by atoms with E-state index in [2.05, 4.69) is 27.5 Å². The maximum Gasteiger partial charge on any atom is 0.214 e. The molecule has 0 aliphatic carbocycles. The zero-order valence-corrected chi connectivity index (χ0v) is 13.7. The van der Waals surface area contributed by atoms with Crippen molar-refractivity contribution in [2.75, 3.05) is 5.32 Å². The Labute approximate surface area is 143 Å². The van der Waals surface area contributed by atoms with Gasteiger partial charge in [0.05, 0.1) is 18.5 Å². The number of fused-ring (bicyclic) bond motifs is 1. The van der Waals surface area contributed by atoms with Gasteiger partial charge in [0.1, 0.15) is 0 Å². The van der Waals surface area contributed by atoms with Crippen LogP contribution in [0.25, 0.3) is 16.2 Å². The maximum absolute atomic E-state index is 9.15. The van der Waals surface area contributed by atoms with Crippen LogP contribution >= 0.6 is 11.3 Å². The van der Waals surface area contributed by atoms with Crippen LogP contribution in [0.2, 0.25) is 0 Å². The number of aliphatic hydroxyl groups excluding tert-OH is 1. The Morgan fingerprint density at radius 3 is 2.54 bits per heavy atom. The highest BCUT2D eigenvalue weighted by Crippen LogP contribution is 2.26. The Bertz CT molecular complexity index is 944. The molecule has 120 valence electrons. The van der Waals surface area contributed by atoms with E-state index in [1.807, 2.05) is 53.2 Å². The molecule has 0 saturated carbocycles. The standard InChI is InChI=1S/C18H16N4OS/c23-12-14-6-8-15(9-7-14)16-11-20-18-22(16)21-17(24-18)19-10-13-4-2-1-3-5-13/h1-9,11,23H,10,12H2,(H,19,21). The van der Waals surface area contributed by atoms with E-state index in [4.69, 9.17) is 5.11 Å². The van der Waals surface area contributed by atoms with Gasteiger partial charge >= 0.3 is 0 Å². The van der Waals surface area contributed by atoms with Crippen molar-refractivity contribution < 1.29 is 5.11 Å². The minimum absolute atomic E-state index is 0.0480. The number of nitrogens with zero attached hydrogens (tertiary/aromatic N) is 3. The molecule has 0 fully saturated rings. The van der Waals surface area contributed by atoms with Gasteiger partial charge < -0.3 is 10.4 Å². The van der Waals surface area contributed by atoms with Crippen molar-refractivity contribution in [3.05, 3.63) is 71.9 Å². The molecular formula is C18H16N4OS. The van der Waals surface area contributed by atoms with Gasteiger partial charge in [-0.1, -0.05) is 65.9 Å². The van der Waals surface area contributed by atoms with E-state index in [1.54, 1.807) is 0 Å². The lowest BCUT2D eigenvalue weighted by molar-refractivity contribution is 0.282. The quantitative estimate of drug-likeness (QED) is 0.585. The van der Waals surface area contributed by atoms with Crippen molar-refractivity contribution >= 4 is 21.4 Å². The van der Waals surface area contributed by atoms with Gasteiger partial charge in [0.25, 0.3) is 0 Å². The minimum Gasteiger partial charge on any atom is -0.392 e. The maximum atomic E-state index is 9.15. The molecule has 0 radical (unpaired) electrons. The monoisotopic (exact) mass is 336 g/mol. The lowest BCUT2D eigenvalue weighted by atomic mass is 10.1. The molecule has 0 aliphatic rings. The van der Waals surface area contributed by atoms with Crippen LogP contribution in [0.1, 0.15) is 11.1 Å². The van der Waals surface area contributed by atoms with E-state index in [0.717, 1.165) is 33.5 Å². The van der Waals surface area contributed by atoms with Gasteiger partial charge in [0.2, 0.25) is 10.1 Å². The first-order valence-corrected chi connectivity index (χ1v) is 8.47. The molecule has 2 N–H and O–H groups in total. The van der Waals surface area contributed by atoms with Gasteiger partial charge in [0, 0.05) is 12.1 Å². The summed E-state index contributed by atoms with van der Waals surface area (Å²) in [6.07, 6.45) is 1.83. The first kappa shape index (κ1) is 14.9. The summed E-state index contributed by atoms with van der Waals surface area (Å²) in [5.74, 6) is 0. The second kappa shape index (κ2) is 6.43. The molecule has 0 saturated heterocycles. The van der Waals surface area contributed by atoms with Crippen LogP contribution < -0.4 is 5.32 Å². The predicted molar refractivity (Wildman–Crippen MR) is 96.0 cm³/mol. The van der Waals surface area contributed by atoms with Crippen LogP contribution in [0.3, 0.4) is 0 Å². The molecular weight excluding hydrogens is 320 g/mol. The highest BCUT2D eigenvalue weighted by Gasteiger charge is 2.11. The van der Waals surface area contributed by atoms with Crippen molar-refractivity contribution in [3.63, 3.8) is 0 Å². The van der Waals surface area contributed by atoms with Crippen LogP contribution in [0, 0.1) is 0 Å². The van der Waals surface area contributed by atoms with Gasteiger partial charge in [-0.2, -0.15) is 0 Å². The smallest absolute Gasteiger partial charge is 0.214 e. The zero-order chi connectivity index (χ0) is 16.4. The average Bonchev–Trinajstić information content (AvgIpc) is 3.21. The second-order valence-electron chi connectivity index (χ2n) is 5.44. The highest BCUT2D eigenvalue weighted by atomic mass is 32.1. The summed E-state index contributed by atoms with van der Waals surface area (Å²) in [4.78, 5) is 5.30. The zero-order valence-electron chi connectivity index (χ0n) is 12.9. The number of benzene rings is 2. The number of aromatic nitrogens is 3. The second-order valence-corrected chi connectivity index (χ2v) is 6.40. The molecule has 2 aromatic carbocycles. The molecule has 0 unspecified atom stereocenters. The van der Waals surface area contributed by atoms with E-state index in [0.29, 0.717) is 0 Å². The minimum atomic E-state index is 0.0480. The van der Waals surface area contributed by atoms with E-state index >= 15 is 0 Å². The van der Waals surface area contributed by atoms with Crippen molar-refractivity contribution in [1.82, 2.24) is 14.6 Å². The van der Waals surface area contributed by atoms with Crippen molar-refractivity contribution in [2.24, 2.45) is 0 Å². The fourth-order valence-electron chi connectivity index (χ4n) is 2.52. The van der Waals surface area contributed by atoms with Crippen LogP contribution in [0.4, 0.5) is 5.13 Å². The average molecular weight is 336 g/mol. The van der Waals surface area contributed by atoms with E-state index in [1.165, 1.54) is 16.9 Å². The van der Waals surface area contributed by atoms with Gasteiger partial charge in [-0.15, -0.1) is 5.10 Å². The third-order valence-corrected chi connectivity index (χ3v) is 4.68. The number of aliphatic hydroxyl groups is 1. The van der Waals surface area contributed by atoms with Gasteiger partial charge in [0.15, 0.2) is 0 Å². The molecule has 0 bridgehead atoms. The number of anilines is 1. The molecule has 0 atom stereocenters. The summed E-state index contributed by atoms with van der Waals surface area (Å²) in [6, 6.07) is 18.0. The van der Waals surface area contributed by atoms with Crippen LogP contribution in [0.5, 0.6) is 0 Å². The molecule has 0 aliphatic heterocycles. The van der Waals surface area contributed by atoms with Crippen molar-refractivity contribution in [1.29, 1.82) is 0 Å². The van der Waals surface area contributed by atoms with Gasteiger partial charge in [-0.05, 0) is 11.1 Å². The summed E-state index contributed by atoms with van der Waals surface area (Å²) < 4.78 is 1.85. The third-order valence-electron chi connectivity index (χ3n) is 3.80. The first-order valence-electron chi connectivity index (χ1n) is 7.66. The number of nitrogens with one attached hydrogen (secondary N) is 1. The Morgan fingerprint density at radius 1 is 1.00 bits per heavy atom.